The molecule has 3 nitrogen and oxygen atoms in total. The summed E-state index contributed by atoms with van der Waals surface area (Å²) in [6, 6.07) is 4.29. The number of amides is 1. The fourth-order valence-corrected chi connectivity index (χ4v) is 1.55. The fourth-order valence-electron chi connectivity index (χ4n) is 1.55. The monoisotopic (exact) mass is 272 g/mol. The molecule has 0 heterocycles. The van der Waals surface area contributed by atoms with Gasteiger partial charge < -0.3 is 11.1 Å². The van der Waals surface area contributed by atoms with E-state index in [-0.39, 0.29) is 18.5 Å². The molecular formula is C13H15F3N2O. The van der Waals surface area contributed by atoms with Gasteiger partial charge in [-0.3, -0.25) is 4.79 Å². The van der Waals surface area contributed by atoms with Gasteiger partial charge in [0.05, 0.1) is 11.6 Å². The lowest BCUT2D eigenvalue weighted by Gasteiger charge is -2.14. The predicted molar refractivity (Wildman–Crippen MR) is 66.1 cm³/mol. The normalized spacial score (nSPS) is 12.8. The lowest BCUT2D eigenvalue weighted by molar-refractivity contribution is -0.138. The van der Waals surface area contributed by atoms with E-state index in [9.17, 15) is 18.0 Å². The molecule has 1 rings (SSSR count). The van der Waals surface area contributed by atoms with Crippen molar-refractivity contribution in [2.75, 3.05) is 0 Å². The maximum absolute atomic E-state index is 12.7. The fraction of sp³-hybridized carbons (Fsp3) is 0.308. The summed E-state index contributed by atoms with van der Waals surface area (Å²) < 4.78 is 38.1. The van der Waals surface area contributed by atoms with Gasteiger partial charge in [-0.15, -0.1) is 6.58 Å². The molecule has 0 fully saturated rings. The van der Waals surface area contributed by atoms with Crippen LogP contribution in [0.5, 0.6) is 0 Å². The van der Waals surface area contributed by atoms with E-state index < -0.39 is 23.7 Å². The van der Waals surface area contributed by atoms with E-state index in [0.717, 1.165) is 6.07 Å². The molecule has 1 amide bonds. The molecule has 1 aromatic rings. The second-order valence-electron chi connectivity index (χ2n) is 4.00. The van der Waals surface area contributed by atoms with Crippen molar-refractivity contribution >= 4 is 5.91 Å². The van der Waals surface area contributed by atoms with Gasteiger partial charge in [0.15, 0.2) is 0 Å². The van der Waals surface area contributed by atoms with Gasteiger partial charge in [0, 0.05) is 6.54 Å². The van der Waals surface area contributed by atoms with Gasteiger partial charge in [0.2, 0.25) is 5.91 Å². The summed E-state index contributed by atoms with van der Waals surface area (Å²) >= 11 is 0. The number of hydrogen-bond donors (Lipinski definition) is 2. The molecule has 104 valence electrons. The van der Waals surface area contributed by atoms with Crippen molar-refractivity contribution in [3.63, 3.8) is 0 Å². The van der Waals surface area contributed by atoms with Crippen LogP contribution in [0.2, 0.25) is 0 Å². The highest BCUT2D eigenvalue weighted by Gasteiger charge is 2.32. The standard InChI is InChI=1S/C13H15F3N2O/c1-2-5-11(17)12(19)18-8-9-6-3-4-7-10(9)13(14,15)16/h2-4,6-7,11H,1,5,8,17H2,(H,18,19). The molecule has 0 saturated carbocycles. The summed E-state index contributed by atoms with van der Waals surface area (Å²) in [5.74, 6) is -0.503. The van der Waals surface area contributed by atoms with E-state index in [1.807, 2.05) is 0 Å². The number of benzene rings is 1. The van der Waals surface area contributed by atoms with Gasteiger partial charge in [-0.25, -0.2) is 0 Å². The van der Waals surface area contributed by atoms with E-state index in [2.05, 4.69) is 11.9 Å². The van der Waals surface area contributed by atoms with Crippen molar-refractivity contribution in [2.45, 2.75) is 25.2 Å². The van der Waals surface area contributed by atoms with Crippen LogP contribution in [-0.4, -0.2) is 11.9 Å². The molecule has 19 heavy (non-hydrogen) atoms. The first-order valence-electron chi connectivity index (χ1n) is 5.65. The molecule has 0 aliphatic carbocycles. The average Bonchev–Trinajstić information content (AvgIpc) is 2.35. The Morgan fingerprint density at radius 3 is 2.63 bits per heavy atom. The SMILES string of the molecule is C=CCC(N)C(=O)NCc1ccccc1C(F)(F)F. The quantitative estimate of drug-likeness (QED) is 0.808. The third-order valence-corrected chi connectivity index (χ3v) is 2.53. The lowest BCUT2D eigenvalue weighted by atomic mass is 10.1. The Hall–Kier alpha value is -1.82. The summed E-state index contributed by atoms with van der Waals surface area (Å²) in [7, 11) is 0. The van der Waals surface area contributed by atoms with Crippen LogP contribution in [0, 0.1) is 0 Å². The van der Waals surface area contributed by atoms with Crippen molar-refractivity contribution in [1.29, 1.82) is 0 Å². The Labute approximate surface area is 109 Å². The Bertz CT molecular complexity index is 457. The van der Waals surface area contributed by atoms with Gasteiger partial charge in [-0.05, 0) is 18.1 Å². The smallest absolute Gasteiger partial charge is 0.351 e. The van der Waals surface area contributed by atoms with Crippen LogP contribution in [0.4, 0.5) is 13.2 Å². The Morgan fingerprint density at radius 1 is 1.42 bits per heavy atom. The van der Waals surface area contributed by atoms with Crippen molar-refractivity contribution in [3.05, 3.63) is 48.0 Å². The minimum Gasteiger partial charge on any atom is -0.351 e. The summed E-state index contributed by atoms with van der Waals surface area (Å²) in [4.78, 5) is 11.5. The molecule has 3 N–H and O–H groups in total. The van der Waals surface area contributed by atoms with Crippen LogP contribution in [0.3, 0.4) is 0 Å². The zero-order valence-electron chi connectivity index (χ0n) is 10.2. The number of alkyl halides is 3. The number of carbonyl (C=O) groups excluding carboxylic acids is 1. The van der Waals surface area contributed by atoms with Crippen LogP contribution >= 0.6 is 0 Å². The lowest BCUT2D eigenvalue weighted by Crippen LogP contribution is -2.40. The molecule has 0 radical (unpaired) electrons. The van der Waals surface area contributed by atoms with Crippen LogP contribution in [0.1, 0.15) is 17.5 Å². The van der Waals surface area contributed by atoms with Crippen LogP contribution in [-0.2, 0) is 17.5 Å². The molecule has 0 bridgehead atoms. The minimum atomic E-state index is -4.44. The van der Waals surface area contributed by atoms with Crippen molar-refractivity contribution in [1.82, 2.24) is 5.32 Å². The van der Waals surface area contributed by atoms with Crippen molar-refractivity contribution < 1.29 is 18.0 Å². The molecule has 0 saturated heterocycles. The number of nitrogens with one attached hydrogen (secondary N) is 1. The molecule has 0 aliphatic rings. The van der Waals surface area contributed by atoms with Gasteiger partial charge in [-0.1, -0.05) is 24.3 Å². The number of nitrogens with two attached hydrogens (primary N) is 1. The molecular weight excluding hydrogens is 257 g/mol. The zero-order chi connectivity index (χ0) is 14.5. The summed E-state index contributed by atoms with van der Waals surface area (Å²) in [5.41, 5.74) is 4.76. The second kappa shape index (κ2) is 6.38. The highest BCUT2D eigenvalue weighted by molar-refractivity contribution is 5.81. The van der Waals surface area contributed by atoms with E-state index in [4.69, 9.17) is 5.73 Å². The molecule has 0 aliphatic heterocycles. The first-order valence-corrected chi connectivity index (χ1v) is 5.65. The third kappa shape index (κ3) is 4.40. The third-order valence-electron chi connectivity index (χ3n) is 2.53. The highest BCUT2D eigenvalue weighted by Crippen LogP contribution is 2.31. The molecule has 0 aromatic heterocycles. The molecule has 1 unspecified atom stereocenters. The maximum Gasteiger partial charge on any atom is 0.416 e. The first-order chi connectivity index (χ1) is 8.86. The van der Waals surface area contributed by atoms with Gasteiger partial charge in [0.1, 0.15) is 0 Å². The van der Waals surface area contributed by atoms with E-state index >= 15 is 0 Å². The Morgan fingerprint density at radius 2 is 2.05 bits per heavy atom. The minimum absolute atomic E-state index is 0.00848. The van der Waals surface area contributed by atoms with Crippen LogP contribution in [0.25, 0.3) is 0 Å². The summed E-state index contributed by atoms with van der Waals surface area (Å²) in [6.07, 6.45) is -2.69. The predicted octanol–water partition coefficient (Wildman–Crippen LogP) is 2.22. The summed E-state index contributed by atoms with van der Waals surface area (Å²) in [5, 5.41) is 2.38. The van der Waals surface area contributed by atoms with Gasteiger partial charge in [-0.2, -0.15) is 13.2 Å². The number of hydrogen-bond acceptors (Lipinski definition) is 2. The van der Waals surface area contributed by atoms with Crippen molar-refractivity contribution in [3.8, 4) is 0 Å². The van der Waals surface area contributed by atoms with E-state index in [0.29, 0.717) is 0 Å². The van der Waals surface area contributed by atoms with Crippen LogP contribution < -0.4 is 11.1 Å². The molecule has 1 atom stereocenters. The second-order valence-corrected chi connectivity index (χ2v) is 4.00. The van der Waals surface area contributed by atoms with Crippen molar-refractivity contribution in [2.24, 2.45) is 5.73 Å². The Balaban J connectivity index is 2.73. The largest absolute Gasteiger partial charge is 0.416 e. The number of rotatable bonds is 5. The zero-order valence-corrected chi connectivity index (χ0v) is 10.2. The molecule has 6 heteroatoms. The summed E-state index contributed by atoms with van der Waals surface area (Å²) in [6.45, 7) is 3.23. The molecule has 1 aromatic carbocycles. The molecule has 0 spiro atoms. The number of halogens is 3. The van der Waals surface area contributed by atoms with Gasteiger partial charge in [0.25, 0.3) is 0 Å². The topological polar surface area (TPSA) is 55.1 Å². The maximum atomic E-state index is 12.7. The van der Waals surface area contributed by atoms with Crippen LogP contribution in [0.15, 0.2) is 36.9 Å². The highest BCUT2D eigenvalue weighted by atomic mass is 19.4. The van der Waals surface area contributed by atoms with Gasteiger partial charge >= 0.3 is 6.18 Å². The number of carbonyl (C=O) groups is 1. The van der Waals surface area contributed by atoms with E-state index in [1.54, 1.807) is 0 Å². The van der Waals surface area contributed by atoms with E-state index in [1.165, 1.54) is 24.3 Å². The Kier molecular flexibility index (Phi) is 5.11. The first kappa shape index (κ1) is 15.2. The average molecular weight is 272 g/mol.